The molecule has 5 heteroatoms. The molecule has 1 N–H and O–H groups in total. The summed E-state index contributed by atoms with van der Waals surface area (Å²) in [4.78, 5) is 27.8. The van der Waals surface area contributed by atoms with Gasteiger partial charge in [-0.05, 0) is 19.3 Å². The van der Waals surface area contributed by atoms with Crippen molar-refractivity contribution >= 4 is 11.8 Å². The number of aliphatic hydroxyl groups is 1. The predicted molar refractivity (Wildman–Crippen MR) is 73.5 cm³/mol. The zero-order chi connectivity index (χ0) is 14.3. The number of hydrogen-bond donors (Lipinski definition) is 1. The van der Waals surface area contributed by atoms with Crippen molar-refractivity contribution < 1.29 is 14.7 Å². The van der Waals surface area contributed by atoms with Crippen LogP contribution in [0.1, 0.15) is 33.1 Å². The van der Waals surface area contributed by atoms with E-state index in [1.807, 2.05) is 13.8 Å². The molecule has 0 radical (unpaired) electrons. The van der Waals surface area contributed by atoms with Crippen LogP contribution in [0.2, 0.25) is 0 Å². The van der Waals surface area contributed by atoms with Gasteiger partial charge in [0.05, 0.1) is 13.2 Å². The fourth-order valence-electron chi connectivity index (χ4n) is 2.36. The average molecular weight is 268 g/mol. The largest absolute Gasteiger partial charge is 0.392 e. The van der Waals surface area contributed by atoms with Crippen LogP contribution in [-0.4, -0.2) is 59.0 Å². The van der Waals surface area contributed by atoms with Gasteiger partial charge in [-0.15, -0.1) is 0 Å². The van der Waals surface area contributed by atoms with Gasteiger partial charge in [-0.25, -0.2) is 0 Å². The predicted octanol–water partition coefficient (Wildman–Crippen LogP) is 0.784. The fraction of sp³-hybridized carbons (Fsp3) is 0.714. The zero-order valence-electron chi connectivity index (χ0n) is 11.8. The van der Waals surface area contributed by atoms with Crippen molar-refractivity contribution in [2.24, 2.45) is 0 Å². The van der Waals surface area contributed by atoms with Crippen molar-refractivity contribution in [1.29, 1.82) is 0 Å². The molecule has 1 saturated heterocycles. The summed E-state index contributed by atoms with van der Waals surface area (Å²) >= 11 is 0. The van der Waals surface area contributed by atoms with Crippen molar-refractivity contribution in [2.45, 2.75) is 39.2 Å². The van der Waals surface area contributed by atoms with Gasteiger partial charge in [-0.3, -0.25) is 9.59 Å². The van der Waals surface area contributed by atoms with Gasteiger partial charge in [-0.1, -0.05) is 26.0 Å². The molecule has 1 unspecified atom stereocenters. The van der Waals surface area contributed by atoms with E-state index in [0.29, 0.717) is 19.5 Å². The minimum absolute atomic E-state index is 0.0253. The number of hydrogen-bond acceptors (Lipinski definition) is 3. The fourth-order valence-corrected chi connectivity index (χ4v) is 2.36. The second kappa shape index (κ2) is 7.94. The van der Waals surface area contributed by atoms with E-state index < -0.39 is 6.04 Å². The van der Waals surface area contributed by atoms with E-state index in [1.54, 1.807) is 22.0 Å². The third kappa shape index (κ3) is 4.06. The highest BCUT2D eigenvalue weighted by atomic mass is 16.2. The van der Waals surface area contributed by atoms with Crippen molar-refractivity contribution in [1.82, 2.24) is 9.80 Å². The molecule has 1 aliphatic heterocycles. The second-order valence-corrected chi connectivity index (χ2v) is 4.75. The molecular weight excluding hydrogens is 244 g/mol. The number of piperazine rings is 1. The Kier molecular flexibility index (Phi) is 6.56. The minimum Gasteiger partial charge on any atom is -0.392 e. The molecule has 1 heterocycles. The molecule has 108 valence electrons. The van der Waals surface area contributed by atoms with Crippen LogP contribution in [0, 0.1) is 0 Å². The Morgan fingerprint density at radius 1 is 1.21 bits per heavy atom. The van der Waals surface area contributed by atoms with E-state index in [9.17, 15) is 9.59 Å². The third-order valence-electron chi connectivity index (χ3n) is 3.21. The highest BCUT2D eigenvalue weighted by molar-refractivity contribution is 5.95. The lowest BCUT2D eigenvalue weighted by atomic mass is 10.1. The van der Waals surface area contributed by atoms with Gasteiger partial charge in [0.2, 0.25) is 11.8 Å². The first-order valence-corrected chi connectivity index (χ1v) is 6.99. The van der Waals surface area contributed by atoms with Crippen LogP contribution in [0.15, 0.2) is 12.2 Å². The first-order chi connectivity index (χ1) is 9.15. The van der Waals surface area contributed by atoms with Gasteiger partial charge in [0.1, 0.15) is 6.04 Å². The van der Waals surface area contributed by atoms with E-state index in [0.717, 1.165) is 12.8 Å². The smallest absolute Gasteiger partial charge is 0.246 e. The number of aliphatic hydroxyl groups excluding tert-OH is 1. The van der Waals surface area contributed by atoms with Crippen molar-refractivity contribution in [2.75, 3.05) is 26.2 Å². The standard InChI is InChI=1S/C14H24N2O3/c1-3-8-15-11-13(18)16(9-4-2)12(14(15)19)7-5-6-10-17/h5-6,12,17H,3-4,7-11H2,1-2H3/b6-5-. The van der Waals surface area contributed by atoms with E-state index >= 15 is 0 Å². The summed E-state index contributed by atoms with van der Waals surface area (Å²) in [6, 6.07) is -0.407. The molecule has 0 bridgehead atoms. The van der Waals surface area contributed by atoms with Crippen molar-refractivity contribution in [3.63, 3.8) is 0 Å². The van der Waals surface area contributed by atoms with E-state index in [-0.39, 0.29) is 25.0 Å². The molecule has 1 atom stereocenters. The summed E-state index contributed by atoms with van der Waals surface area (Å²) in [6.45, 7) is 5.40. The van der Waals surface area contributed by atoms with E-state index in [1.165, 1.54) is 0 Å². The summed E-state index contributed by atoms with van der Waals surface area (Å²) < 4.78 is 0. The SMILES string of the molecule is CCCN1CC(=O)N(CCC)C(C/C=C\CO)C1=O. The molecule has 2 amide bonds. The second-order valence-electron chi connectivity index (χ2n) is 4.75. The quantitative estimate of drug-likeness (QED) is 0.694. The maximum atomic E-state index is 12.4. The maximum Gasteiger partial charge on any atom is 0.246 e. The molecule has 19 heavy (non-hydrogen) atoms. The lowest BCUT2D eigenvalue weighted by Gasteiger charge is -2.40. The van der Waals surface area contributed by atoms with Crippen LogP contribution in [0.5, 0.6) is 0 Å². The zero-order valence-corrected chi connectivity index (χ0v) is 11.8. The van der Waals surface area contributed by atoms with Gasteiger partial charge in [0.15, 0.2) is 0 Å². The third-order valence-corrected chi connectivity index (χ3v) is 3.21. The molecule has 0 saturated carbocycles. The number of carbonyl (C=O) groups is 2. The average Bonchev–Trinajstić information content (AvgIpc) is 2.39. The van der Waals surface area contributed by atoms with Crippen LogP contribution >= 0.6 is 0 Å². The highest BCUT2D eigenvalue weighted by Crippen LogP contribution is 2.17. The summed E-state index contributed by atoms with van der Waals surface area (Å²) in [5.41, 5.74) is 0. The summed E-state index contributed by atoms with van der Waals surface area (Å²) in [5, 5.41) is 8.76. The molecule has 1 fully saturated rings. The highest BCUT2D eigenvalue weighted by Gasteiger charge is 2.37. The van der Waals surface area contributed by atoms with Crippen molar-refractivity contribution in [3.8, 4) is 0 Å². The first kappa shape index (κ1) is 15.7. The topological polar surface area (TPSA) is 60.9 Å². The Hall–Kier alpha value is -1.36. The molecule has 1 aliphatic rings. The monoisotopic (exact) mass is 268 g/mol. The van der Waals surface area contributed by atoms with Gasteiger partial charge >= 0.3 is 0 Å². The Balaban J connectivity index is 2.82. The minimum atomic E-state index is -0.407. The van der Waals surface area contributed by atoms with Crippen LogP contribution in [0.3, 0.4) is 0 Å². The summed E-state index contributed by atoms with van der Waals surface area (Å²) in [5.74, 6) is 0.0507. The molecule has 0 aromatic rings. The van der Waals surface area contributed by atoms with Crippen LogP contribution in [-0.2, 0) is 9.59 Å². The number of rotatable bonds is 7. The van der Waals surface area contributed by atoms with Gasteiger partial charge in [0.25, 0.3) is 0 Å². The lowest BCUT2D eigenvalue weighted by molar-refractivity contribution is -0.155. The Morgan fingerprint density at radius 2 is 1.89 bits per heavy atom. The van der Waals surface area contributed by atoms with Crippen molar-refractivity contribution in [3.05, 3.63) is 12.2 Å². The van der Waals surface area contributed by atoms with Gasteiger partial charge in [0, 0.05) is 13.1 Å². The Bertz CT molecular complexity index is 342. The number of amides is 2. The molecule has 5 nitrogen and oxygen atoms in total. The Labute approximate surface area is 114 Å². The van der Waals surface area contributed by atoms with Gasteiger partial charge in [-0.2, -0.15) is 0 Å². The molecular formula is C14H24N2O3. The van der Waals surface area contributed by atoms with E-state index in [4.69, 9.17) is 5.11 Å². The molecule has 0 aromatic heterocycles. The van der Waals surface area contributed by atoms with Crippen LogP contribution in [0.4, 0.5) is 0 Å². The molecule has 1 rings (SSSR count). The van der Waals surface area contributed by atoms with E-state index in [2.05, 4.69) is 0 Å². The molecule has 0 aliphatic carbocycles. The first-order valence-electron chi connectivity index (χ1n) is 6.99. The maximum absolute atomic E-state index is 12.4. The van der Waals surface area contributed by atoms with Crippen LogP contribution in [0.25, 0.3) is 0 Å². The lowest BCUT2D eigenvalue weighted by Crippen LogP contribution is -2.59. The summed E-state index contributed by atoms with van der Waals surface area (Å²) in [7, 11) is 0. The van der Waals surface area contributed by atoms with Crippen LogP contribution < -0.4 is 0 Å². The number of carbonyl (C=O) groups excluding carboxylic acids is 2. The summed E-state index contributed by atoms with van der Waals surface area (Å²) in [6.07, 6.45) is 5.55. The molecule has 0 aromatic carbocycles. The molecule has 0 spiro atoms. The van der Waals surface area contributed by atoms with Gasteiger partial charge < -0.3 is 14.9 Å². The normalized spacial score (nSPS) is 20.7. The Morgan fingerprint density at radius 3 is 2.47 bits per heavy atom. The number of nitrogens with zero attached hydrogens (tertiary/aromatic N) is 2.